The average molecular weight is 421 g/mol. The van der Waals surface area contributed by atoms with Gasteiger partial charge in [0, 0.05) is 25.7 Å². The molecule has 6 heteroatoms. The Morgan fingerprint density at radius 2 is 1.84 bits per heavy atom. The lowest BCUT2D eigenvalue weighted by Gasteiger charge is -2.35. The Morgan fingerprint density at radius 3 is 2.55 bits per heavy atom. The van der Waals surface area contributed by atoms with Crippen LogP contribution in [-0.2, 0) is 11.2 Å². The van der Waals surface area contributed by atoms with Gasteiger partial charge in [0.05, 0.1) is 24.6 Å². The van der Waals surface area contributed by atoms with E-state index >= 15 is 0 Å². The van der Waals surface area contributed by atoms with E-state index in [1.807, 2.05) is 19.1 Å². The second kappa shape index (κ2) is 9.45. The van der Waals surface area contributed by atoms with Crippen molar-refractivity contribution in [1.82, 2.24) is 10.2 Å². The third kappa shape index (κ3) is 4.86. The normalized spacial score (nSPS) is 15.7. The van der Waals surface area contributed by atoms with Gasteiger partial charge in [-0.1, -0.05) is 42.8 Å². The predicted octanol–water partition coefficient (Wildman–Crippen LogP) is 3.47. The van der Waals surface area contributed by atoms with Crippen LogP contribution in [0, 0.1) is 6.92 Å². The van der Waals surface area contributed by atoms with Gasteiger partial charge in [0.2, 0.25) is 0 Å². The van der Waals surface area contributed by atoms with Gasteiger partial charge < -0.3 is 14.5 Å². The van der Waals surface area contributed by atoms with Crippen LogP contribution >= 0.6 is 0 Å². The van der Waals surface area contributed by atoms with Crippen molar-refractivity contribution in [1.29, 1.82) is 0 Å². The Kier molecular flexibility index (Phi) is 6.49. The van der Waals surface area contributed by atoms with Crippen molar-refractivity contribution in [2.45, 2.75) is 26.3 Å². The molecule has 0 bridgehead atoms. The van der Waals surface area contributed by atoms with Crippen LogP contribution in [0.25, 0.3) is 11.0 Å². The predicted molar refractivity (Wildman–Crippen MR) is 121 cm³/mol. The largest absolute Gasteiger partial charge is 0.451 e. The summed E-state index contributed by atoms with van der Waals surface area (Å²) < 4.78 is 11.2. The molecular formula is C25H28N2O4. The first kappa shape index (κ1) is 21.3. The van der Waals surface area contributed by atoms with Gasteiger partial charge in [0.15, 0.2) is 11.2 Å². The summed E-state index contributed by atoms with van der Waals surface area (Å²) in [5, 5.41) is 3.47. The third-order valence-electron chi connectivity index (χ3n) is 5.83. The van der Waals surface area contributed by atoms with Gasteiger partial charge >= 0.3 is 0 Å². The lowest BCUT2D eigenvalue weighted by atomic mass is 10.0. The van der Waals surface area contributed by atoms with Gasteiger partial charge in [0.25, 0.3) is 5.91 Å². The molecule has 2 aromatic carbocycles. The number of morpholine rings is 1. The highest BCUT2D eigenvalue weighted by molar-refractivity contribution is 5.93. The quantitative estimate of drug-likeness (QED) is 0.661. The molecule has 1 fully saturated rings. The van der Waals surface area contributed by atoms with E-state index in [1.54, 1.807) is 6.07 Å². The maximum absolute atomic E-state index is 12.8. The number of aryl methyl sites for hydroxylation is 2. The molecule has 1 saturated heterocycles. The lowest BCUT2D eigenvalue weighted by molar-refractivity contribution is 0.0161. The van der Waals surface area contributed by atoms with E-state index in [-0.39, 0.29) is 23.1 Å². The summed E-state index contributed by atoms with van der Waals surface area (Å²) in [5.74, 6) is -0.352. The average Bonchev–Trinajstić information content (AvgIpc) is 2.80. The molecule has 6 nitrogen and oxygen atoms in total. The zero-order valence-electron chi connectivity index (χ0n) is 18.0. The number of amides is 1. The number of carbonyl (C=O) groups is 1. The monoisotopic (exact) mass is 420 g/mol. The van der Waals surface area contributed by atoms with E-state index < -0.39 is 0 Å². The molecule has 4 rings (SSSR count). The van der Waals surface area contributed by atoms with Crippen LogP contribution in [0.2, 0.25) is 0 Å². The Morgan fingerprint density at radius 1 is 1.10 bits per heavy atom. The van der Waals surface area contributed by atoms with E-state index in [0.29, 0.717) is 30.7 Å². The number of ether oxygens (including phenoxy) is 1. The Hall–Kier alpha value is -2.96. The number of hydrogen-bond acceptors (Lipinski definition) is 5. The van der Waals surface area contributed by atoms with E-state index in [4.69, 9.17) is 9.15 Å². The summed E-state index contributed by atoms with van der Waals surface area (Å²) in [7, 11) is 0. The van der Waals surface area contributed by atoms with Crippen molar-refractivity contribution in [3.8, 4) is 0 Å². The van der Waals surface area contributed by atoms with Gasteiger partial charge in [0.1, 0.15) is 5.58 Å². The zero-order chi connectivity index (χ0) is 21.8. The Labute approximate surface area is 181 Å². The van der Waals surface area contributed by atoms with Crippen LogP contribution in [0.15, 0.2) is 57.7 Å². The van der Waals surface area contributed by atoms with Gasteiger partial charge in [-0.3, -0.25) is 14.5 Å². The minimum absolute atomic E-state index is 0.0211. The van der Waals surface area contributed by atoms with Gasteiger partial charge in [-0.15, -0.1) is 0 Å². The first-order valence-electron chi connectivity index (χ1n) is 10.8. The van der Waals surface area contributed by atoms with Crippen molar-refractivity contribution in [3.63, 3.8) is 0 Å². The summed E-state index contributed by atoms with van der Waals surface area (Å²) >= 11 is 0. The highest BCUT2D eigenvalue weighted by Crippen LogP contribution is 2.22. The zero-order valence-corrected chi connectivity index (χ0v) is 18.0. The second-order valence-corrected chi connectivity index (χ2v) is 7.94. The molecule has 1 aliphatic rings. The fourth-order valence-electron chi connectivity index (χ4n) is 3.95. The van der Waals surface area contributed by atoms with Crippen molar-refractivity contribution in [2.75, 3.05) is 32.8 Å². The molecule has 1 atom stereocenters. The topological polar surface area (TPSA) is 71.8 Å². The molecule has 2 heterocycles. The van der Waals surface area contributed by atoms with E-state index in [0.717, 1.165) is 30.6 Å². The van der Waals surface area contributed by atoms with Gasteiger partial charge in [-0.05, 0) is 36.6 Å². The molecular weight excluding hydrogens is 392 g/mol. The maximum atomic E-state index is 12.8. The smallest absolute Gasteiger partial charge is 0.287 e. The molecule has 0 saturated carbocycles. The van der Waals surface area contributed by atoms with Crippen LogP contribution in [0.1, 0.15) is 40.2 Å². The molecule has 0 radical (unpaired) electrons. The SMILES string of the molecule is CCc1ccc2oc(C(=O)NCC(c3ccc(C)cc3)N3CCOCC3)cc(=O)c2c1. The van der Waals surface area contributed by atoms with E-state index in [1.165, 1.54) is 11.6 Å². The van der Waals surface area contributed by atoms with Crippen molar-refractivity contribution in [2.24, 2.45) is 0 Å². The summed E-state index contributed by atoms with van der Waals surface area (Å²) in [6.07, 6.45) is 0.833. The number of fused-ring (bicyclic) bond motifs is 1. The van der Waals surface area contributed by atoms with Crippen molar-refractivity contribution in [3.05, 3.63) is 81.2 Å². The Balaban J connectivity index is 1.54. The van der Waals surface area contributed by atoms with Crippen LogP contribution in [0.3, 0.4) is 0 Å². The van der Waals surface area contributed by atoms with Crippen LogP contribution < -0.4 is 10.7 Å². The number of nitrogens with one attached hydrogen (secondary N) is 1. The van der Waals surface area contributed by atoms with Crippen LogP contribution in [0.4, 0.5) is 0 Å². The van der Waals surface area contributed by atoms with Crippen LogP contribution in [0.5, 0.6) is 0 Å². The maximum Gasteiger partial charge on any atom is 0.287 e. The summed E-state index contributed by atoms with van der Waals surface area (Å²) in [6.45, 7) is 7.46. The number of hydrogen-bond donors (Lipinski definition) is 1. The minimum Gasteiger partial charge on any atom is -0.451 e. The minimum atomic E-state index is -0.385. The van der Waals surface area contributed by atoms with E-state index in [9.17, 15) is 9.59 Å². The number of nitrogens with zero attached hydrogens (tertiary/aromatic N) is 1. The van der Waals surface area contributed by atoms with Gasteiger partial charge in [-0.2, -0.15) is 0 Å². The summed E-state index contributed by atoms with van der Waals surface area (Å²) in [5.41, 5.74) is 3.61. The summed E-state index contributed by atoms with van der Waals surface area (Å²) in [6, 6.07) is 15.2. The highest BCUT2D eigenvalue weighted by Gasteiger charge is 2.24. The highest BCUT2D eigenvalue weighted by atomic mass is 16.5. The lowest BCUT2D eigenvalue weighted by Crippen LogP contribution is -2.43. The van der Waals surface area contributed by atoms with Crippen molar-refractivity contribution >= 4 is 16.9 Å². The molecule has 0 aliphatic carbocycles. The summed E-state index contributed by atoms with van der Waals surface area (Å²) in [4.78, 5) is 27.7. The van der Waals surface area contributed by atoms with Gasteiger partial charge in [-0.25, -0.2) is 0 Å². The fourth-order valence-corrected chi connectivity index (χ4v) is 3.95. The molecule has 1 unspecified atom stereocenters. The van der Waals surface area contributed by atoms with E-state index in [2.05, 4.69) is 41.4 Å². The molecule has 1 amide bonds. The number of rotatable bonds is 6. The van der Waals surface area contributed by atoms with Crippen LogP contribution in [-0.4, -0.2) is 43.7 Å². The molecule has 3 aromatic rings. The first-order chi connectivity index (χ1) is 15.0. The standard InChI is InChI=1S/C25H28N2O4/c1-3-18-6-9-23-20(14-18)22(28)15-24(31-23)25(29)26-16-21(27-10-12-30-13-11-27)19-7-4-17(2)5-8-19/h4-9,14-15,21H,3,10-13,16H2,1-2H3,(H,26,29). The Bertz CT molecular complexity index is 1110. The second-order valence-electron chi connectivity index (χ2n) is 7.94. The molecule has 162 valence electrons. The molecule has 1 aliphatic heterocycles. The first-order valence-corrected chi connectivity index (χ1v) is 10.8. The molecule has 1 N–H and O–H groups in total. The van der Waals surface area contributed by atoms with Crippen molar-refractivity contribution < 1.29 is 13.9 Å². The molecule has 1 aromatic heterocycles. The molecule has 31 heavy (non-hydrogen) atoms. The number of carbonyl (C=O) groups excluding carboxylic acids is 1. The molecule has 0 spiro atoms. The fraction of sp³-hybridized carbons (Fsp3) is 0.360. The number of benzene rings is 2. The third-order valence-corrected chi connectivity index (χ3v) is 5.83.